The lowest BCUT2D eigenvalue weighted by Gasteiger charge is -2.03. The Hall–Kier alpha value is -2.54. The smallest absolute Gasteiger partial charge is 0.336 e. The van der Waals surface area contributed by atoms with Crippen molar-refractivity contribution < 1.29 is 9.90 Å². The Labute approximate surface area is 113 Å². The molecule has 2 rings (SSSR count). The summed E-state index contributed by atoms with van der Waals surface area (Å²) in [4.78, 5) is 15.5. The maximum Gasteiger partial charge on any atom is 0.336 e. The molecule has 0 spiro atoms. The second-order valence-corrected chi connectivity index (χ2v) is 4.09. The van der Waals surface area contributed by atoms with Crippen LogP contribution in [0.15, 0.2) is 35.4 Å². The first kappa shape index (κ1) is 12.9. The highest BCUT2D eigenvalue weighted by molar-refractivity contribution is 7.80. The number of aromatic carboxylic acids is 1. The number of carboxylic acids is 1. The normalized spacial score (nSPS) is 10.7. The van der Waals surface area contributed by atoms with E-state index in [0.29, 0.717) is 16.6 Å². The average Bonchev–Trinajstić information content (AvgIpc) is 2.37. The first-order valence-corrected chi connectivity index (χ1v) is 5.70. The van der Waals surface area contributed by atoms with Crippen LogP contribution in [0.3, 0.4) is 0 Å². The fourth-order valence-corrected chi connectivity index (χ4v) is 1.65. The van der Waals surface area contributed by atoms with Crippen molar-refractivity contribution in [3.05, 3.63) is 41.6 Å². The van der Waals surface area contributed by atoms with Crippen LogP contribution < -0.4 is 11.2 Å². The van der Waals surface area contributed by atoms with Gasteiger partial charge in [-0.05, 0) is 24.4 Å². The zero-order chi connectivity index (χ0) is 13.8. The Morgan fingerprint density at radius 3 is 2.89 bits per heavy atom. The number of nitrogens with one attached hydrogen (secondary N) is 1. The number of benzene rings is 1. The third-order valence-corrected chi connectivity index (χ3v) is 2.43. The molecule has 0 saturated carbocycles. The molecule has 2 aromatic rings. The van der Waals surface area contributed by atoms with Crippen molar-refractivity contribution in [1.82, 2.24) is 10.4 Å². The van der Waals surface area contributed by atoms with Crippen LogP contribution in [-0.2, 0) is 0 Å². The number of carboxylic acid groups (broad SMARTS) is 1. The molecule has 7 heteroatoms. The monoisotopic (exact) mass is 274 g/mol. The highest BCUT2D eigenvalue weighted by atomic mass is 32.1. The van der Waals surface area contributed by atoms with Crippen LogP contribution in [0.5, 0.6) is 0 Å². The lowest BCUT2D eigenvalue weighted by Crippen LogP contribution is -2.24. The number of nitrogens with two attached hydrogens (primary N) is 1. The van der Waals surface area contributed by atoms with E-state index in [2.05, 4.69) is 27.7 Å². The van der Waals surface area contributed by atoms with Gasteiger partial charge in [-0.25, -0.2) is 9.78 Å². The molecule has 4 N–H and O–H groups in total. The van der Waals surface area contributed by atoms with Gasteiger partial charge in [0.05, 0.1) is 23.0 Å². The first-order valence-electron chi connectivity index (χ1n) is 5.29. The topological polar surface area (TPSA) is 101 Å². The molecule has 0 fully saturated rings. The molecule has 96 valence electrons. The van der Waals surface area contributed by atoms with Crippen molar-refractivity contribution in [1.29, 1.82) is 0 Å². The molecule has 19 heavy (non-hydrogen) atoms. The number of para-hydroxylation sites is 1. The zero-order valence-corrected chi connectivity index (χ0v) is 10.5. The van der Waals surface area contributed by atoms with Crippen LogP contribution in [0.1, 0.15) is 16.1 Å². The predicted octanol–water partition coefficient (Wildman–Crippen LogP) is 1.10. The first-order chi connectivity index (χ1) is 9.08. The quantitative estimate of drug-likeness (QED) is 0.440. The number of pyridine rings is 1. The third-order valence-electron chi connectivity index (χ3n) is 2.34. The van der Waals surface area contributed by atoms with Crippen LogP contribution in [0, 0.1) is 0 Å². The number of fused-ring (bicyclic) bond motifs is 1. The van der Waals surface area contributed by atoms with Gasteiger partial charge in [0.15, 0.2) is 5.11 Å². The van der Waals surface area contributed by atoms with Gasteiger partial charge < -0.3 is 10.8 Å². The van der Waals surface area contributed by atoms with Gasteiger partial charge in [0.1, 0.15) is 0 Å². The van der Waals surface area contributed by atoms with E-state index in [-0.39, 0.29) is 10.7 Å². The summed E-state index contributed by atoms with van der Waals surface area (Å²) < 4.78 is 0. The number of rotatable bonds is 3. The van der Waals surface area contributed by atoms with Crippen LogP contribution in [0.4, 0.5) is 0 Å². The Morgan fingerprint density at radius 2 is 2.21 bits per heavy atom. The molecular weight excluding hydrogens is 264 g/mol. The van der Waals surface area contributed by atoms with Crippen molar-refractivity contribution in [2.75, 3.05) is 0 Å². The van der Waals surface area contributed by atoms with Crippen molar-refractivity contribution in [2.45, 2.75) is 0 Å². The fraction of sp³-hybridized carbons (Fsp3) is 0. The van der Waals surface area contributed by atoms with Gasteiger partial charge in [-0.15, -0.1) is 0 Å². The summed E-state index contributed by atoms with van der Waals surface area (Å²) in [7, 11) is 0. The molecule has 6 nitrogen and oxygen atoms in total. The molecule has 1 heterocycles. The van der Waals surface area contributed by atoms with E-state index in [1.165, 1.54) is 12.3 Å². The van der Waals surface area contributed by atoms with Crippen molar-refractivity contribution in [3.8, 4) is 0 Å². The van der Waals surface area contributed by atoms with E-state index in [1.54, 1.807) is 24.3 Å². The van der Waals surface area contributed by atoms with Crippen LogP contribution in [-0.4, -0.2) is 27.4 Å². The minimum absolute atomic E-state index is 0.0236. The Kier molecular flexibility index (Phi) is 3.67. The highest BCUT2D eigenvalue weighted by Crippen LogP contribution is 2.17. The van der Waals surface area contributed by atoms with Gasteiger partial charge in [-0.1, -0.05) is 18.2 Å². The molecular formula is C12H10N4O2S. The van der Waals surface area contributed by atoms with Crippen LogP contribution >= 0.6 is 12.2 Å². The van der Waals surface area contributed by atoms with Gasteiger partial charge in [0.25, 0.3) is 0 Å². The van der Waals surface area contributed by atoms with Gasteiger partial charge in [0, 0.05) is 5.39 Å². The Bertz CT molecular complexity index is 684. The number of nitrogens with zero attached hydrogens (tertiary/aromatic N) is 2. The maximum atomic E-state index is 11.2. The number of carbonyl (C=O) groups is 1. The van der Waals surface area contributed by atoms with E-state index < -0.39 is 5.97 Å². The molecule has 1 aromatic heterocycles. The number of hydrogen-bond acceptors (Lipinski definition) is 4. The van der Waals surface area contributed by atoms with E-state index in [0.717, 1.165) is 0 Å². The zero-order valence-electron chi connectivity index (χ0n) is 9.70. The molecule has 0 aliphatic rings. The van der Waals surface area contributed by atoms with E-state index >= 15 is 0 Å². The van der Waals surface area contributed by atoms with Gasteiger partial charge in [-0.2, -0.15) is 5.10 Å². The van der Waals surface area contributed by atoms with Gasteiger partial charge >= 0.3 is 5.97 Å². The van der Waals surface area contributed by atoms with E-state index in [4.69, 9.17) is 5.73 Å². The minimum atomic E-state index is -1.02. The molecule has 0 saturated heterocycles. The van der Waals surface area contributed by atoms with Gasteiger partial charge in [0.2, 0.25) is 0 Å². The SMILES string of the molecule is NC(=S)N/N=C/c1cc(C(=O)O)c2ccccc2n1. The van der Waals surface area contributed by atoms with Crippen molar-refractivity contribution in [2.24, 2.45) is 10.8 Å². The summed E-state index contributed by atoms with van der Waals surface area (Å²) in [5, 5.41) is 13.5. The second kappa shape index (κ2) is 5.40. The van der Waals surface area contributed by atoms with Crippen LogP contribution in [0.25, 0.3) is 10.9 Å². The molecule has 0 atom stereocenters. The van der Waals surface area contributed by atoms with Crippen LogP contribution in [0.2, 0.25) is 0 Å². The third kappa shape index (κ3) is 3.02. The number of hydrazone groups is 1. The molecule has 0 unspecified atom stereocenters. The van der Waals surface area contributed by atoms with E-state index in [1.807, 2.05) is 0 Å². The Balaban J connectivity index is 2.49. The fourth-order valence-electron chi connectivity index (χ4n) is 1.60. The number of hydrogen-bond donors (Lipinski definition) is 3. The highest BCUT2D eigenvalue weighted by Gasteiger charge is 2.10. The summed E-state index contributed by atoms with van der Waals surface area (Å²) in [5.74, 6) is -1.02. The summed E-state index contributed by atoms with van der Waals surface area (Å²) in [6.07, 6.45) is 1.36. The largest absolute Gasteiger partial charge is 0.478 e. The lowest BCUT2D eigenvalue weighted by atomic mass is 10.1. The number of aromatic nitrogens is 1. The predicted molar refractivity (Wildman–Crippen MR) is 76.2 cm³/mol. The summed E-state index contributed by atoms with van der Waals surface area (Å²) in [6.45, 7) is 0. The summed E-state index contributed by atoms with van der Waals surface area (Å²) in [5.41, 5.74) is 8.75. The molecule has 0 aliphatic carbocycles. The van der Waals surface area contributed by atoms with Crippen molar-refractivity contribution >= 4 is 40.4 Å². The van der Waals surface area contributed by atoms with E-state index in [9.17, 15) is 9.90 Å². The molecule has 0 aliphatic heterocycles. The molecule has 0 bridgehead atoms. The maximum absolute atomic E-state index is 11.2. The average molecular weight is 274 g/mol. The number of thiocarbonyl (C=S) groups is 1. The van der Waals surface area contributed by atoms with Crippen molar-refractivity contribution in [3.63, 3.8) is 0 Å². The summed E-state index contributed by atoms with van der Waals surface area (Å²) >= 11 is 4.59. The lowest BCUT2D eigenvalue weighted by molar-refractivity contribution is 0.0699. The molecule has 1 aromatic carbocycles. The molecule has 0 radical (unpaired) electrons. The summed E-state index contributed by atoms with van der Waals surface area (Å²) in [6, 6.07) is 8.43. The van der Waals surface area contributed by atoms with Gasteiger partial charge in [-0.3, -0.25) is 5.43 Å². The second-order valence-electron chi connectivity index (χ2n) is 3.65. The minimum Gasteiger partial charge on any atom is -0.478 e. The molecule has 0 amide bonds. The Morgan fingerprint density at radius 1 is 1.47 bits per heavy atom. The standard InChI is InChI=1S/C12H10N4O2S/c13-12(19)16-14-6-7-5-9(11(17)18)8-3-1-2-4-10(8)15-7/h1-6H,(H,17,18)(H3,13,16,19)/b14-6+.